The minimum atomic E-state index is -4.76. The van der Waals surface area contributed by atoms with Crippen molar-refractivity contribution in [2.75, 3.05) is 5.32 Å². The Morgan fingerprint density at radius 2 is 2.06 bits per heavy atom. The largest absolute Gasteiger partial charge is 0.506 e. The SMILES string of the molecule is Cc1ncc(COP(=O)(O)O)c(CNC(C[C@H]2C(=O)Nc3ccccc32)C(=O)O)c1O. The van der Waals surface area contributed by atoms with Crippen molar-refractivity contribution >= 4 is 25.4 Å². The Balaban J connectivity index is 1.78. The van der Waals surface area contributed by atoms with E-state index < -0.39 is 32.4 Å². The molecule has 0 fully saturated rings. The lowest BCUT2D eigenvalue weighted by molar-refractivity contribution is -0.139. The molecule has 2 atom stereocenters. The van der Waals surface area contributed by atoms with Crippen molar-refractivity contribution in [1.82, 2.24) is 10.3 Å². The van der Waals surface area contributed by atoms with E-state index >= 15 is 0 Å². The van der Waals surface area contributed by atoms with Crippen LogP contribution in [0, 0.1) is 6.92 Å². The molecule has 11 nitrogen and oxygen atoms in total. The van der Waals surface area contributed by atoms with E-state index in [2.05, 4.69) is 20.1 Å². The number of hydrogen-bond acceptors (Lipinski definition) is 7. The smallest absolute Gasteiger partial charge is 0.469 e. The van der Waals surface area contributed by atoms with E-state index in [0.29, 0.717) is 11.3 Å². The maximum atomic E-state index is 12.3. The van der Waals surface area contributed by atoms with Crippen LogP contribution < -0.4 is 10.6 Å². The van der Waals surface area contributed by atoms with Gasteiger partial charge in [-0.15, -0.1) is 0 Å². The molecule has 1 aliphatic heterocycles. The maximum Gasteiger partial charge on any atom is 0.469 e. The second-order valence-electron chi connectivity index (χ2n) is 7.10. The lowest BCUT2D eigenvalue weighted by atomic mass is 9.93. The van der Waals surface area contributed by atoms with Crippen LogP contribution in [0.4, 0.5) is 5.69 Å². The standard InChI is InChI=1S/C19H22N3O8P/c1-10-17(23)14(11(7-20-10)9-30-31(27,28)29)8-21-16(19(25)26)6-13-12-4-2-3-5-15(12)22-18(13)24/h2-5,7,13,16,21,23H,6,8-9H2,1H3,(H,22,24)(H,25,26)(H2,27,28,29)/t13-,16?/m1/s1. The van der Waals surface area contributed by atoms with Gasteiger partial charge in [0.05, 0.1) is 18.2 Å². The topological polar surface area (TPSA) is 178 Å². The number of aliphatic carboxylic acids is 1. The van der Waals surface area contributed by atoms with E-state index in [1.54, 1.807) is 24.3 Å². The van der Waals surface area contributed by atoms with Gasteiger partial charge in [-0.1, -0.05) is 18.2 Å². The third kappa shape index (κ3) is 5.46. The molecule has 1 aromatic carbocycles. The van der Waals surface area contributed by atoms with Gasteiger partial charge in [-0.25, -0.2) is 4.57 Å². The predicted octanol–water partition coefficient (Wildman–Crippen LogP) is 1.37. The monoisotopic (exact) mass is 451 g/mol. The predicted molar refractivity (Wildman–Crippen MR) is 108 cm³/mol. The van der Waals surface area contributed by atoms with Crippen molar-refractivity contribution in [3.05, 3.63) is 52.8 Å². The summed E-state index contributed by atoms with van der Waals surface area (Å²) in [7, 11) is -4.76. The first-order valence-electron chi connectivity index (χ1n) is 9.29. The summed E-state index contributed by atoms with van der Waals surface area (Å²) in [6.07, 6.45) is 1.26. The van der Waals surface area contributed by atoms with Gasteiger partial charge in [-0.3, -0.25) is 19.1 Å². The van der Waals surface area contributed by atoms with Gasteiger partial charge in [0.15, 0.2) is 0 Å². The van der Waals surface area contributed by atoms with Crippen molar-refractivity contribution in [3.63, 3.8) is 0 Å². The molecule has 0 spiro atoms. The number of rotatable bonds is 9. The number of para-hydroxylation sites is 1. The van der Waals surface area contributed by atoms with Crippen molar-refractivity contribution in [1.29, 1.82) is 0 Å². The van der Waals surface area contributed by atoms with Crippen LogP contribution in [-0.2, 0) is 31.8 Å². The highest BCUT2D eigenvalue weighted by Crippen LogP contribution is 2.38. The molecule has 12 heteroatoms. The molecule has 1 amide bonds. The number of carboxylic acid groups (broad SMARTS) is 1. The Morgan fingerprint density at radius 3 is 2.74 bits per heavy atom. The molecule has 1 aromatic heterocycles. The Morgan fingerprint density at radius 1 is 1.35 bits per heavy atom. The maximum absolute atomic E-state index is 12.3. The van der Waals surface area contributed by atoms with Crippen LogP contribution in [0.2, 0.25) is 0 Å². The van der Waals surface area contributed by atoms with E-state index in [0.717, 1.165) is 0 Å². The number of aryl methyl sites for hydroxylation is 1. The van der Waals surface area contributed by atoms with Gasteiger partial charge in [0.25, 0.3) is 0 Å². The first kappa shape index (κ1) is 22.9. The number of carboxylic acids is 1. The minimum Gasteiger partial charge on any atom is -0.506 e. The summed E-state index contributed by atoms with van der Waals surface area (Å²) >= 11 is 0. The molecule has 0 radical (unpaired) electrons. The summed E-state index contributed by atoms with van der Waals surface area (Å²) in [5, 5.41) is 25.5. The van der Waals surface area contributed by atoms with Crippen molar-refractivity contribution < 1.29 is 38.7 Å². The van der Waals surface area contributed by atoms with E-state index in [1.807, 2.05) is 0 Å². The zero-order chi connectivity index (χ0) is 22.8. The van der Waals surface area contributed by atoms with Gasteiger partial charge < -0.3 is 30.6 Å². The number of benzene rings is 1. The molecule has 6 N–H and O–H groups in total. The molecule has 0 saturated heterocycles. The number of nitrogens with one attached hydrogen (secondary N) is 2. The number of aromatic nitrogens is 1. The van der Waals surface area contributed by atoms with Crippen LogP contribution in [0.5, 0.6) is 5.75 Å². The van der Waals surface area contributed by atoms with Crippen LogP contribution in [-0.4, -0.2) is 42.9 Å². The fraction of sp³-hybridized carbons (Fsp3) is 0.316. The molecular formula is C19H22N3O8P. The Kier molecular flexibility index (Phi) is 6.73. The van der Waals surface area contributed by atoms with E-state index in [4.69, 9.17) is 9.79 Å². The van der Waals surface area contributed by atoms with Gasteiger partial charge in [0, 0.05) is 29.6 Å². The average Bonchev–Trinajstić information content (AvgIpc) is 3.01. The van der Waals surface area contributed by atoms with Gasteiger partial charge in [0.1, 0.15) is 11.8 Å². The van der Waals surface area contributed by atoms with Gasteiger partial charge in [-0.05, 0) is 25.0 Å². The third-order valence-corrected chi connectivity index (χ3v) is 5.49. The number of carbonyl (C=O) groups excluding carboxylic acids is 1. The van der Waals surface area contributed by atoms with Crippen LogP contribution in [0.25, 0.3) is 0 Å². The summed E-state index contributed by atoms with van der Waals surface area (Å²) in [6.45, 7) is 0.848. The number of phosphoric ester groups is 1. The second kappa shape index (κ2) is 9.13. The molecule has 1 unspecified atom stereocenters. The molecule has 0 aliphatic carbocycles. The number of pyridine rings is 1. The summed E-state index contributed by atoms with van der Waals surface area (Å²) in [5.41, 5.74) is 1.99. The molecule has 2 aromatic rings. The van der Waals surface area contributed by atoms with Crippen molar-refractivity contribution in [2.24, 2.45) is 0 Å². The highest BCUT2D eigenvalue weighted by molar-refractivity contribution is 7.46. The molecule has 0 bridgehead atoms. The summed E-state index contributed by atoms with van der Waals surface area (Å²) in [4.78, 5) is 45.9. The third-order valence-electron chi connectivity index (χ3n) is 5.02. The molecule has 166 valence electrons. The highest BCUT2D eigenvalue weighted by atomic mass is 31.2. The summed E-state index contributed by atoms with van der Waals surface area (Å²) in [6, 6.07) is 5.89. The quantitative estimate of drug-likeness (QED) is 0.305. The van der Waals surface area contributed by atoms with E-state index in [1.165, 1.54) is 13.1 Å². The van der Waals surface area contributed by atoms with Gasteiger partial charge in [-0.2, -0.15) is 0 Å². The fourth-order valence-electron chi connectivity index (χ4n) is 3.40. The van der Waals surface area contributed by atoms with Crippen LogP contribution in [0.15, 0.2) is 30.5 Å². The van der Waals surface area contributed by atoms with Crippen LogP contribution >= 0.6 is 7.82 Å². The zero-order valence-corrected chi connectivity index (χ0v) is 17.4. The van der Waals surface area contributed by atoms with Crippen LogP contribution in [0.1, 0.15) is 34.7 Å². The van der Waals surface area contributed by atoms with Gasteiger partial charge >= 0.3 is 13.8 Å². The summed E-state index contributed by atoms with van der Waals surface area (Å²) < 4.78 is 15.5. The second-order valence-corrected chi connectivity index (χ2v) is 8.34. The lowest BCUT2D eigenvalue weighted by Crippen LogP contribution is -2.38. The van der Waals surface area contributed by atoms with Crippen molar-refractivity contribution in [2.45, 2.75) is 38.5 Å². The molecule has 0 saturated carbocycles. The number of nitrogens with zero attached hydrogens (tertiary/aromatic N) is 1. The van der Waals surface area contributed by atoms with Gasteiger partial charge in [0.2, 0.25) is 5.91 Å². The number of hydrogen-bond donors (Lipinski definition) is 6. The normalized spacial score (nSPS) is 16.6. The lowest BCUT2D eigenvalue weighted by Gasteiger charge is -2.20. The Labute approximate surface area is 177 Å². The minimum absolute atomic E-state index is 0.0304. The molecule has 1 aliphatic rings. The summed E-state index contributed by atoms with van der Waals surface area (Å²) in [5.74, 6) is -2.38. The number of fused-ring (bicyclic) bond motifs is 1. The molecule has 2 heterocycles. The average molecular weight is 451 g/mol. The number of carbonyl (C=O) groups is 2. The first-order chi connectivity index (χ1) is 14.6. The Bertz CT molecular complexity index is 1050. The number of aromatic hydroxyl groups is 1. The molecule has 31 heavy (non-hydrogen) atoms. The number of phosphoric acid groups is 1. The number of amides is 1. The van der Waals surface area contributed by atoms with E-state index in [-0.39, 0.29) is 41.4 Å². The van der Waals surface area contributed by atoms with Crippen molar-refractivity contribution in [3.8, 4) is 5.75 Å². The molecule has 3 rings (SSSR count). The van der Waals surface area contributed by atoms with E-state index in [9.17, 15) is 24.4 Å². The van der Waals surface area contributed by atoms with Crippen LogP contribution in [0.3, 0.4) is 0 Å². The first-order valence-corrected chi connectivity index (χ1v) is 10.8. The Hall–Kier alpha value is -2.82. The highest BCUT2D eigenvalue weighted by Gasteiger charge is 2.34. The zero-order valence-electron chi connectivity index (χ0n) is 16.5. The molecular weight excluding hydrogens is 429 g/mol. The fourth-order valence-corrected chi connectivity index (χ4v) is 3.71. The number of anilines is 1.